The third-order valence-corrected chi connectivity index (χ3v) is 8.38. The number of alkyl halides is 3. The molecule has 40 heavy (non-hydrogen) atoms. The molecule has 1 fully saturated rings. The summed E-state index contributed by atoms with van der Waals surface area (Å²) in [7, 11) is -4.29. The van der Waals surface area contributed by atoms with Gasteiger partial charge < -0.3 is 9.64 Å². The number of amides is 1. The van der Waals surface area contributed by atoms with Crippen molar-refractivity contribution in [1.82, 2.24) is 19.2 Å². The first-order valence-corrected chi connectivity index (χ1v) is 13.9. The fourth-order valence-corrected chi connectivity index (χ4v) is 6.19. The van der Waals surface area contributed by atoms with Gasteiger partial charge in [-0.1, -0.05) is 36.4 Å². The predicted molar refractivity (Wildman–Crippen MR) is 139 cm³/mol. The minimum Gasteiger partial charge on any atom is -0.462 e. The van der Waals surface area contributed by atoms with E-state index in [4.69, 9.17) is 4.74 Å². The SMILES string of the molecule is CCOC(=O)c1c(C(=O)N2CCN(S(=O)(=O)c3cccc(C(F)(F)F)c3)C(C)C2)nc(C)nc1-c1ccccc1. The van der Waals surface area contributed by atoms with E-state index >= 15 is 0 Å². The lowest BCUT2D eigenvalue weighted by atomic mass is 10.0. The maximum Gasteiger partial charge on any atom is 0.416 e. The standard InChI is InChI=1S/C27H27F3N4O5S/c1-4-39-26(36)22-23(19-9-6-5-7-10-19)31-18(3)32-24(22)25(35)33-13-14-34(17(2)16-33)40(37,38)21-12-8-11-20(15-21)27(28,29)30/h5-12,15,17H,4,13-14,16H2,1-3H3. The maximum absolute atomic E-state index is 13.7. The lowest BCUT2D eigenvalue weighted by molar-refractivity contribution is -0.137. The quantitative estimate of drug-likeness (QED) is 0.405. The molecule has 212 valence electrons. The van der Waals surface area contributed by atoms with Gasteiger partial charge in [0, 0.05) is 31.2 Å². The molecule has 1 unspecified atom stereocenters. The number of rotatable bonds is 6. The van der Waals surface area contributed by atoms with E-state index in [0.29, 0.717) is 11.6 Å². The van der Waals surface area contributed by atoms with E-state index in [1.165, 1.54) is 4.90 Å². The van der Waals surface area contributed by atoms with Gasteiger partial charge in [0.2, 0.25) is 10.0 Å². The zero-order valence-corrected chi connectivity index (χ0v) is 22.8. The molecule has 4 rings (SSSR count). The number of hydrogen-bond donors (Lipinski definition) is 0. The molecular formula is C27H27F3N4O5S. The number of hydrogen-bond acceptors (Lipinski definition) is 7. The number of esters is 1. The normalized spacial score (nSPS) is 16.6. The van der Waals surface area contributed by atoms with Crippen molar-refractivity contribution in [3.8, 4) is 11.3 Å². The van der Waals surface area contributed by atoms with E-state index in [-0.39, 0.29) is 49.0 Å². The third kappa shape index (κ3) is 5.85. The highest BCUT2D eigenvalue weighted by Crippen LogP contribution is 2.32. The summed E-state index contributed by atoms with van der Waals surface area (Å²) < 4.78 is 72.4. The molecule has 1 saturated heterocycles. The van der Waals surface area contributed by atoms with Crippen LogP contribution in [-0.2, 0) is 20.9 Å². The van der Waals surface area contributed by atoms with Crippen LogP contribution in [0.4, 0.5) is 13.2 Å². The Morgan fingerprint density at radius 2 is 1.75 bits per heavy atom. The van der Waals surface area contributed by atoms with Crippen LogP contribution in [0.15, 0.2) is 59.5 Å². The highest BCUT2D eigenvalue weighted by molar-refractivity contribution is 7.89. The Hall–Kier alpha value is -3.84. The van der Waals surface area contributed by atoms with Crippen molar-refractivity contribution in [3.05, 3.63) is 77.2 Å². The number of carbonyl (C=O) groups is 2. The molecule has 0 bridgehead atoms. The van der Waals surface area contributed by atoms with Gasteiger partial charge in [0.25, 0.3) is 5.91 Å². The van der Waals surface area contributed by atoms with Gasteiger partial charge in [0.05, 0.1) is 22.8 Å². The van der Waals surface area contributed by atoms with Crippen LogP contribution in [0.5, 0.6) is 0 Å². The van der Waals surface area contributed by atoms with Gasteiger partial charge in [-0.3, -0.25) is 4.79 Å². The Morgan fingerprint density at radius 1 is 1.05 bits per heavy atom. The smallest absolute Gasteiger partial charge is 0.416 e. The second-order valence-electron chi connectivity index (χ2n) is 9.17. The van der Waals surface area contributed by atoms with Gasteiger partial charge in [-0.25, -0.2) is 23.2 Å². The summed E-state index contributed by atoms with van der Waals surface area (Å²) in [5, 5.41) is 0. The average molecular weight is 577 g/mol. The third-order valence-electron chi connectivity index (χ3n) is 6.37. The minimum absolute atomic E-state index is 0.0533. The maximum atomic E-state index is 13.7. The monoisotopic (exact) mass is 576 g/mol. The second kappa shape index (κ2) is 11.3. The van der Waals surface area contributed by atoms with Crippen molar-refractivity contribution in [2.45, 2.75) is 37.9 Å². The van der Waals surface area contributed by atoms with E-state index in [1.54, 1.807) is 51.1 Å². The van der Waals surface area contributed by atoms with Crippen LogP contribution in [0.3, 0.4) is 0 Å². The number of carbonyl (C=O) groups excluding carboxylic acids is 2. The van der Waals surface area contributed by atoms with Crippen LogP contribution >= 0.6 is 0 Å². The lowest BCUT2D eigenvalue weighted by Crippen LogP contribution is -2.55. The number of piperazine rings is 1. The summed E-state index contributed by atoms with van der Waals surface area (Å²) in [6, 6.07) is 11.5. The first-order chi connectivity index (χ1) is 18.8. The number of halogens is 3. The van der Waals surface area contributed by atoms with Crippen molar-refractivity contribution in [3.63, 3.8) is 0 Å². The number of nitrogens with zero attached hydrogens (tertiary/aromatic N) is 4. The Bertz CT molecular complexity index is 1530. The van der Waals surface area contributed by atoms with Crippen LogP contribution in [0.2, 0.25) is 0 Å². The summed E-state index contributed by atoms with van der Waals surface area (Å²) in [5.41, 5.74) is -0.541. The van der Waals surface area contributed by atoms with E-state index in [1.807, 2.05) is 0 Å². The van der Waals surface area contributed by atoms with Crippen LogP contribution in [0.1, 0.15) is 46.1 Å². The number of benzene rings is 2. The number of aromatic nitrogens is 2. The average Bonchev–Trinajstić information content (AvgIpc) is 2.92. The Kier molecular flexibility index (Phi) is 8.26. The molecule has 0 N–H and O–H groups in total. The number of ether oxygens (including phenoxy) is 1. The van der Waals surface area contributed by atoms with E-state index in [2.05, 4.69) is 9.97 Å². The molecule has 1 aliphatic rings. The van der Waals surface area contributed by atoms with E-state index in [0.717, 1.165) is 22.5 Å². The van der Waals surface area contributed by atoms with Gasteiger partial charge in [-0.05, 0) is 39.0 Å². The molecule has 0 spiro atoms. The van der Waals surface area contributed by atoms with Crippen LogP contribution in [-0.4, -0.2) is 71.8 Å². The molecule has 1 aliphatic heterocycles. The van der Waals surface area contributed by atoms with Crippen molar-refractivity contribution < 1.29 is 35.9 Å². The lowest BCUT2D eigenvalue weighted by Gasteiger charge is -2.39. The molecular weight excluding hydrogens is 549 g/mol. The van der Waals surface area contributed by atoms with Crippen molar-refractivity contribution in [2.75, 3.05) is 26.2 Å². The van der Waals surface area contributed by atoms with Crippen LogP contribution in [0.25, 0.3) is 11.3 Å². The molecule has 2 heterocycles. The minimum atomic E-state index is -4.70. The molecule has 13 heteroatoms. The largest absolute Gasteiger partial charge is 0.462 e. The second-order valence-corrected chi connectivity index (χ2v) is 11.1. The molecule has 0 saturated carbocycles. The highest BCUT2D eigenvalue weighted by Gasteiger charge is 2.39. The van der Waals surface area contributed by atoms with Gasteiger partial charge in [0.1, 0.15) is 17.1 Å². The summed E-state index contributed by atoms with van der Waals surface area (Å²) in [5.74, 6) is -1.15. The van der Waals surface area contributed by atoms with Crippen LogP contribution in [0, 0.1) is 6.92 Å². The highest BCUT2D eigenvalue weighted by atomic mass is 32.2. The Morgan fingerprint density at radius 3 is 2.38 bits per heavy atom. The summed E-state index contributed by atoms with van der Waals surface area (Å²) in [4.78, 5) is 36.3. The van der Waals surface area contributed by atoms with Gasteiger partial charge >= 0.3 is 12.1 Å². The first-order valence-electron chi connectivity index (χ1n) is 12.4. The summed E-state index contributed by atoms with van der Waals surface area (Å²) >= 11 is 0. The van der Waals surface area contributed by atoms with Gasteiger partial charge in [-0.2, -0.15) is 17.5 Å². The fourth-order valence-electron chi connectivity index (χ4n) is 4.53. The topological polar surface area (TPSA) is 110 Å². The number of sulfonamides is 1. The fraction of sp³-hybridized carbons (Fsp3) is 0.333. The molecule has 2 aromatic carbocycles. The Labute approximate surface area is 229 Å². The van der Waals surface area contributed by atoms with Crippen molar-refractivity contribution in [1.29, 1.82) is 0 Å². The van der Waals surface area contributed by atoms with Crippen molar-refractivity contribution >= 4 is 21.9 Å². The molecule has 0 aliphatic carbocycles. The number of aryl methyl sites for hydroxylation is 1. The van der Waals surface area contributed by atoms with Crippen LogP contribution < -0.4 is 0 Å². The molecule has 1 amide bonds. The zero-order valence-electron chi connectivity index (χ0n) is 22.0. The molecule has 1 aromatic heterocycles. The Balaban J connectivity index is 1.65. The molecule has 0 radical (unpaired) electrons. The molecule has 9 nitrogen and oxygen atoms in total. The zero-order chi connectivity index (χ0) is 29.2. The predicted octanol–water partition coefficient (Wildman–Crippen LogP) is 4.18. The van der Waals surface area contributed by atoms with Crippen molar-refractivity contribution in [2.24, 2.45) is 0 Å². The molecule has 3 aromatic rings. The molecule has 1 atom stereocenters. The summed E-state index contributed by atoms with van der Waals surface area (Å²) in [6.45, 7) is 4.49. The summed E-state index contributed by atoms with van der Waals surface area (Å²) in [6.07, 6.45) is -4.70. The van der Waals surface area contributed by atoms with Gasteiger partial charge in [-0.15, -0.1) is 0 Å². The van der Waals surface area contributed by atoms with E-state index < -0.39 is 44.6 Å². The van der Waals surface area contributed by atoms with E-state index in [9.17, 15) is 31.2 Å². The first kappa shape index (κ1) is 29.2. The van der Waals surface area contributed by atoms with Gasteiger partial charge in [0.15, 0.2) is 0 Å².